The van der Waals surface area contributed by atoms with Crippen LogP contribution in [0.1, 0.15) is 28.9 Å². The highest BCUT2D eigenvalue weighted by molar-refractivity contribution is 7.50. The van der Waals surface area contributed by atoms with Crippen molar-refractivity contribution in [2.75, 3.05) is 12.4 Å². The first-order valence-corrected chi connectivity index (χ1v) is 11.8. The normalized spacial score (nSPS) is 20.4. The number of fused-ring (bicyclic) bond motifs is 6. The van der Waals surface area contributed by atoms with E-state index in [1.54, 1.807) is 13.1 Å². The molecule has 1 unspecified atom stereocenters. The van der Waals surface area contributed by atoms with Gasteiger partial charge in [-0.25, -0.2) is 0 Å². The number of para-hydroxylation sites is 1. The van der Waals surface area contributed by atoms with E-state index in [1.807, 2.05) is 31.2 Å². The highest BCUT2D eigenvalue weighted by Gasteiger charge is 2.52. The molecular weight excluding hydrogens is 449 g/mol. The van der Waals surface area contributed by atoms with Gasteiger partial charge in [-0.3, -0.25) is 9.59 Å². The molecule has 10 nitrogen and oxygen atoms in total. The molecule has 0 radical (unpaired) electrons. The number of amides is 2. The number of carbonyl (C=O) groups excluding carboxylic acids is 2. The number of anilines is 1. The van der Waals surface area contributed by atoms with Gasteiger partial charge in [-0.1, -0.05) is 18.2 Å². The summed E-state index contributed by atoms with van der Waals surface area (Å²) in [7, 11) is -2.50. The van der Waals surface area contributed by atoms with Crippen LogP contribution in [-0.2, 0) is 36.2 Å². The molecule has 6 rings (SSSR count). The number of rotatable bonds is 3. The molecule has 0 saturated carbocycles. The summed E-state index contributed by atoms with van der Waals surface area (Å²) in [4.78, 5) is 30.6. The topological polar surface area (TPSA) is 120 Å². The monoisotopic (exact) mass is 467 g/mol. The standard InChI is InChI=1S/C22H18N3O7P/c1-11-13-5-3-4-6-15(13)29-16(11)10-25(2)22(27)19-18-14-9-12-7-8-17(26)23-20(12)24-21(14)32-33(28,30-18)31-19/h3-6,9H,7-8,10H2,1-2H3,(H,23,24,26). The van der Waals surface area contributed by atoms with Crippen molar-refractivity contribution in [3.8, 4) is 5.88 Å². The number of pyridine rings is 1. The van der Waals surface area contributed by atoms with Gasteiger partial charge in [-0.2, -0.15) is 9.55 Å². The number of furan rings is 1. The van der Waals surface area contributed by atoms with Gasteiger partial charge in [0.15, 0.2) is 5.76 Å². The summed E-state index contributed by atoms with van der Waals surface area (Å²) in [5.74, 6) is 0.0638. The van der Waals surface area contributed by atoms with Crippen LogP contribution in [0.5, 0.6) is 5.88 Å². The van der Waals surface area contributed by atoms with Crippen LogP contribution in [0.2, 0.25) is 0 Å². The lowest BCUT2D eigenvalue weighted by Crippen LogP contribution is -2.28. The summed E-state index contributed by atoms with van der Waals surface area (Å²) >= 11 is 0. The van der Waals surface area contributed by atoms with Crippen molar-refractivity contribution in [2.24, 2.45) is 0 Å². The zero-order chi connectivity index (χ0) is 22.9. The molecule has 3 aliphatic heterocycles. The average Bonchev–Trinajstić information content (AvgIpc) is 3.26. The molecule has 0 fully saturated rings. The molecule has 2 bridgehead atoms. The summed E-state index contributed by atoms with van der Waals surface area (Å²) in [5, 5.41) is 3.64. The van der Waals surface area contributed by atoms with E-state index in [4.69, 9.17) is 18.0 Å². The van der Waals surface area contributed by atoms with Crippen LogP contribution in [0.4, 0.5) is 5.82 Å². The molecule has 1 aromatic carbocycles. The van der Waals surface area contributed by atoms with Crippen LogP contribution in [0.25, 0.3) is 16.7 Å². The quantitative estimate of drug-likeness (QED) is 0.576. The van der Waals surface area contributed by atoms with Crippen LogP contribution in [0, 0.1) is 6.92 Å². The Morgan fingerprint density at radius 2 is 2.03 bits per heavy atom. The Morgan fingerprint density at radius 1 is 1.21 bits per heavy atom. The van der Waals surface area contributed by atoms with Crippen LogP contribution < -0.4 is 9.84 Å². The number of likely N-dealkylation sites (N-methyl/N-ethyl adjacent to an activating group) is 1. The third kappa shape index (κ3) is 3.09. The number of phosphoric ester groups is 1. The lowest BCUT2D eigenvalue weighted by atomic mass is 10.0. The molecule has 3 aromatic rings. The molecule has 11 heteroatoms. The lowest BCUT2D eigenvalue weighted by Gasteiger charge is -2.22. The minimum Gasteiger partial charge on any atom is -0.459 e. The van der Waals surface area contributed by atoms with E-state index >= 15 is 0 Å². The number of phosphoric acid groups is 1. The zero-order valence-electron chi connectivity index (χ0n) is 17.7. The SMILES string of the molecule is Cc1c(CN(C)C(=O)C2=C3OP(=O)(O2)Oc2nc4c(cc23)CCC(=O)N4)oc2ccccc12. The second-order valence-electron chi connectivity index (χ2n) is 8.08. The Balaban J connectivity index is 1.35. The van der Waals surface area contributed by atoms with Crippen LogP contribution in [-0.4, -0.2) is 28.7 Å². The van der Waals surface area contributed by atoms with E-state index in [2.05, 4.69) is 10.3 Å². The van der Waals surface area contributed by atoms with Gasteiger partial charge in [0.1, 0.15) is 17.2 Å². The molecule has 0 aliphatic carbocycles. The van der Waals surface area contributed by atoms with E-state index in [9.17, 15) is 14.2 Å². The number of nitrogens with zero attached hydrogens (tertiary/aromatic N) is 2. The number of hydrogen-bond donors (Lipinski definition) is 1. The fourth-order valence-corrected chi connectivity index (χ4v) is 5.38. The Hall–Kier alpha value is -3.78. The number of nitrogens with one attached hydrogen (secondary N) is 1. The van der Waals surface area contributed by atoms with Crippen molar-refractivity contribution >= 4 is 42.2 Å². The third-order valence-electron chi connectivity index (χ3n) is 5.87. The Kier molecular flexibility index (Phi) is 4.13. The highest BCUT2D eigenvalue weighted by atomic mass is 31.2. The van der Waals surface area contributed by atoms with E-state index in [1.165, 1.54) is 4.90 Å². The molecule has 1 atom stereocenters. The molecule has 2 aromatic heterocycles. The van der Waals surface area contributed by atoms with Crippen molar-refractivity contribution < 1.29 is 32.1 Å². The first-order valence-electron chi connectivity index (χ1n) is 10.3. The number of aryl methyl sites for hydroxylation is 2. The minimum atomic E-state index is -4.09. The average molecular weight is 467 g/mol. The molecule has 33 heavy (non-hydrogen) atoms. The minimum absolute atomic E-state index is 0.0147. The van der Waals surface area contributed by atoms with Gasteiger partial charge < -0.3 is 28.2 Å². The van der Waals surface area contributed by atoms with Crippen molar-refractivity contribution in [3.05, 3.63) is 58.5 Å². The maximum atomic E-state index is 13.3. The van der Waals surface area contributed by atoms with Crippen molar-refractivity contribution in [1.29, 1.82) is 0 Å². The van der Waals surface area contributed by atoms with Gasteiger partial charge >= 0.3 is 7.82 Å². The second kappa shape index (κ2) is 6.86. The largest absolute Gasteiger partial charge is 0.648 e. The summed E-state index contributed by atoms with van der Waals surface area (Å²) in [6.45, 7) is 2.10. The first kappa shape index (κ1) is 19.9. The predicted molar refractivity (Wildman–Crippen MR) is 116 cm³/mol. The van der Waals surface area contributed by atoms with Crippen molar-refractivity contribution in [3.63, 3.8) is 0 Å². The summed E-state index contributed by atoms with van der Waals surface area (Å²) in [5.41, 5.74) is 2.78. The molecular formula is C22H18N3O7P. The number of carbonyl (C=O) groups is 2. The van der Waals surface area contributed by atoms with Gasteiger partial charge in [0, 0.05) is 24.4 Å². The fraction of sp³-hybridized carbons (Fsp3) is 0.227. The Bertz CT molecular complexity index is 1460. The van der Waals surface area contributed by atoms with Crippen molar-refractivity contribution in [2.45, 2.75) is 26.3 Å². The first-order chi connectivity index (χ1) is 15.8. The fourth-order valence-electron chi connectivity index (χ4n) is 4.12. The maximum Gasteiger partial charge on any atom is 0.648 e. The third-order valence-corrected chi connectivity index (χ3v) is 7.07. The Labute approximate surface area is 187 Å². The summed E-state index contributed by atoms with van der Waals surface area (Å²) in [6.07, 6.45) is 0.788. The highest BCUT2D eigenvalue weighted by Crippen LogP contribution is 2.65. The summed E-state index contributed by atoms with van der Waals surface area (Å²) < 4.78 is 35.0. The van der Waals surface area contributed by atoms with E-state index < -0.39 is 13.7 Å². The van der Waals surface area contributed by atoms with Crippen LogP contribution in [0.3, 0.4) is 0 Å². The number of hydrogen-bond acceptors (Lipinski definition) is 8. The van der Waals surface area contributed by atoms with Gasteiger partial charge in [-0.15, -0.1) is 0 Å². The van der Waals surface area contributed by atoms with Gasteiger partial charge in [0.25, 0.3) is 5.91 Å². The molecule has 1 N–H and O–H groups in total. The van der Waals surface area contributed by atoms with Gasteiger partial charge in [0.2, 0.25) is 17.5 Å². The van der Waals surface area contributed by atoms with Gasteiger partial charge in [-0.05, 0) is 31.0 Å². The van der Waals surface area contributed by atoms with Gasteiger partial charge in [0.05, 0.1) is 12.1 Å². The summed E-state index contributed by atoms with van der Waals surface area (Å²) in [6, 6.07) is 9.34. The van der Waals surface area contributed by atoms with E-state index in [0.717, 1.165) is 22.1 Å². The van der Waals surface area contributed by atoms with Crippen LogP contribution in [0.15, 0.2) is 40.5 Å². The van der Waals surface area contributed by atoms with Crippen molar-refractivity contribution in [1.82, 2.24) is 9.88 Å². The molecule has 5 heterocycles. The molecule has 3 aliphatic rings. The second-order valence-corrected chi connectivity index (χ2v) is 9.53. The smallest absolute Gasteiger partial charge is 0.459 e. The molecule has 2 amide bonds. The van der Waals surface area contributed by atoms with Crippen LogP contribution >= 0.6 is 7.82 Å². The molecule has 0 saturated heterocycles. The van der Waals surface area contributed by atoms with E-state index in [0.29, 0.717) is 30.0 Å². The van der Waals surface area contributed by atoms with E-state index in [-0.39, 0.29) is 29.9 Å². The predicted octanol–water partition coefficient (Wildman–Crippen LogP) is 3.90. The Morgan fingerprint density at radius 3 is 2.85 bits per heavy atom. The zero-order valence-corrected chi connectivity index (χ0v) is 18.6. The molecule has 0 spiro atoms. The number of aromatic nitrogens is 1. The maximum absolute atomic E-state index is 13.3. The number of benzene rings is 1. The molecule has 168 valence electrons. The lowest BCUT2D eigenvalue weighted by molar-refractivity contribution is -0.128.